The number of nitrogens with zero attached hydrogens (tertiary/aromatic N) is 4. The van der Waals surface area contributed by atoms with Crippen molar-refractivity contribution >= 4 is 34.7 Å². The molecule has 0 bridgehead atoms. The maximum absolute atomic E-state index is 13.5. The maximum atomic E-state index is 13.5. The van der Waals surface area contributed by atoms with Gasteiger partial charge < -0.3 is 9.80 Å². The summed E-state index contributed by atoms with van der Waals surface area (Å²) in [6.45, 7) is 4.93. The number of piperidine rings is 1. The predicted molar refractivity (Wildman–Crippen MR) is 127 cm³/mol. The Kier molecular flexibility index (Phi) is 6.19. The lowest BCUT2D eigenvalue weighted by Crippen LogP contribution is -2.45. The highest BCUT2D eigenvalue weighted by atomic mass is 32.1. The molecule has 0 N–H and O–H groups in total. The first-order valence-corrected chi connectivity index (χ1v) is 12.9. The molecule has 1 aromatic heterocycles. The van der Waals surface area contributed by atoms with Crippen LogP contribution >= 0.6 is 11.3 Å². The molecule has 0 spiro atoms. The fraction of sp³-hybridized carbons (Fsp3) is 0.520. The van der Waals surface area contributed by atoms with E-state index in [4.69, 9.17) is 0 Å². The summed E-state index contributed by atoms with van der Waals surface area (Å²) in [7, 11) is 0. The first-order chi connectivity index (χ1) is 16.1. The van der Waals surface area contributed by atoms with Gasteiger partial charge in [-0.1, -0.05) is 18.9 Å². The molecule has 8 heteroatoms. The molecular formula is C25H30N4O3S. The highest BCUT2D eigenvalue weighted by Crippen LogP contribution is 2.38. The minimum Gasteiger partial charge on any atom is -0.370 e. The number of rotatable bonds is 4. The van der Waals surface area contributed by atoms with Crippen molar-refractivity contribution in [3.05, 3.63) is 45.9 Å². The largest absolute Gasteiger partial charge is 0.370 e. The van der Waals surface area contributed by atoms with Gasteiger partial charge in [-0.3, -0.25) is 19.3 Å². The van der Waals surface area contributed by atoms with E-state index in [0.717, 1.165) is 56.0 Å². The highest BCUT2D eigenvalue weighted by Gasteiger charge is 2.42. The quantitative estimate of drug-likeness (QED) is 0.634. The highest BCUT2D eigenvalue weighted by molar-refractivity contribution is 7.09. The fourth-order valence-electron chi connectivity index (χ4n) is 5.40. The maximum Gasteiger partial charge on any atom is 0.264 e. The average molecular weight is 467 g/mol. The Bertz CT molecular complexity index is 1050. The molecule has 33 heavy (non-hydrogen) atoms. The van der Waals surface area contributed by atoms with Crippen molar-refractivity contribution in [2.75, 3.05) is 31.1 Å². The molecule has 4 heterocycles. The summed E-state index contributed by atoms with van der Waals surface area (Å²) in [5, 5.41) is 2.59. The first-order valence-electron chi connectivity index (χ1n) is 12.0. The third-order valence-electron chi connectivity index (χ3n) is 7.15. The summed E-state index contributed by atoms with van der Waals surface area (Å²) in [5.74, 6) is -0.358. The molecular weight excluding hydrogens is 436 g/mol. The van der Waals surface area contributed by atoms with E-state index in [1.165, 1.54) is 29.1 Å². The Morgan fingerprint density at radius 2 is 1.85 bits per heavy atom. The molecule has 174 valence electrons. The lowest BCUT2D eigenvalue weighted by atomic mass is 9.94. The van der Waals surface area contributed by atoms with Crippen LogP contribution in [0.2, 0.25) is 0 Å². The summed E-state index contributed by atoms with van der Waals surface area (Å²) in [5.41, 5.74) is 1.68. The minimum absolute atomic E-state index is 0.0646. The van der Waals surface area contributed by atoms with Crippen molar-refractivity contribution in [3.63, 3.8) is 0 Å². The first kappa shape index (κ1) is 22.1. The Morgan fingerprint density at radius 1 is 1.06 bits per heavy atom. The van der Waals surface area contributed by atoms with E-state index in [9.17, 15) is 14.4 Å². The summed E-state index contributed by atoms with van der Waals surface area (Å²) in [4.78, 5) is 49.8. The Morgan fingerprint density at radius 3 is 2.58 bits per heavy atom. The SMILES string of the molecule is C[C@H](c1nccs1)N1C(=O)c2cccc(N3CCC[C@@H](C(=O)N4CCCCCC4)C3)c2C1=O. The normalized spacial score (nSPS) is 22.3. The summed E-state index contributed by atoms with van der Waals surface area (Å²) >= 11 is 1.44. The third-order valence-corrected chi connectivity index (χ3v) is 8.10. The van der Waals surface area contributed by atoms with Gasteiger partial charge in [0.1, 0.15) is 5.01 Å². The number of hydrogen-bond donors (Lipinski definition) is 0. The molecule has 2 fully saturated rings. The Labute approximate surface area is 198 Å². The summed E-state index contributed by atoms with van der Waals surface area (Å²) in [6.07, 6.45) is 8.02. The summed E-state index contributed by atoms with van der Waals surface area (Å²) in [6, 6.07) is 5.08. The van der Waals surface area contributed by atoms with Crippen LogP contribution in [0.1, 0.15) is 77.2 Å². The van der Waals surface area contributed by atoms with Crippen LogP contribution < -0.4 is 4.90 Å². The molecule has 0 unspecified atom stereocenters. The van der Waals surface area contributed by atoms with E-state index < -0.39 is 6.04 Å². The zero-order chi connectivity index (χ0) is 22.9. The molecule has 7 nitrogen and oxygen atoms in total. The molecule has 0 saturated carbocycles. The molecule has 0 aliphatic carbocycles. The standard InChI is InChI=1S/C25H30N4O3S/c1-17(22-26-11-15-33-22)29-24(31)19-9-6-10-20(21(19)25(29)32)28-14-7-8-18(16-28)23(30)27-12-4-2-3-5-13-27/h6,9-11,15,17-18H,2-5,7-8,12-14,16H2,1H3/t17-,18-/m1/s1. The number of imide groups is 1. The van der Waals surface area contributed by atoms with Crippen LogP contribution in [-0.2, 0) is 4.79 Å². The van der Waals surface area contributed by atoms with Crippen molar-refractivity contribution in [2.45, 2.75) is 51.5 Å². The molecule has 3 amide bonds. The number of anilines is 1. The number of aromatic nitrogens is 1. The van der Waals surface area contributed by atoms with Gasteiger partial charge in [0.05, 0.1) is 28.8 Å². The minimum atomic E-state index is -0.413. The average Bonchev–Trinajstić information content (AvgIpc) is 3.36. The lowest BCUT2D eigenvalue weighted by molar-refractivity contribution is -0.135. The molecule has 3 aliphatic heterocycles. The number of thiazole rings is 1. The number of amides is 3. The van der Waals surface area contributed by atoms with Crippen molar-refractivity contribution < 1.29 is 14.4 Å². The van der Waals surface area contributed by atoms with Crippen molar-refractivity contribution in [1.29, 1.82) is 0 Å². The summed E-state index contributed by atoms with van der Waals surface area (Å²) < 4.78 is 0. The van der Waals surface area contributed by atoms with Crippen molar-refractivity contribution in [1.82, 2.24) is 14.8 Å². The smallest absolute Gasteiger partial charge is 0.264 e. The number of carbonyl (C=O) groups is 3. The van der Waals surface area contributed by atoms with Crippen LogP contribution in [0.15, 0.2) is 29.8 Å². The topological polar surface area (TPSA) is 73.8 Å². The monoisotopic (exact) mass is 466 g/mol. The molecule has 3 aliphatic rings. The molecule has 2 aromatic rings. The van der Waals surface area contributed by atoms with Gasteiger partial charge in [0.15, 0.2) is 0 Å². The van der Waals surface area contributed by atoms with Gasteiger partial charge in [0.25, 0.3) is 11.8 Å². The van der Waals surface area contributed by atoms with Gasteiger partial charge in [-0.2, -0.15) is 0 Å². The van der Waals surface area contributed by atoms with E-state index in [2.05, 4.69) is 9.88 Å². The zero-order valence-corrected chi connectivity index (χ0v) is 19.9. The molecule has 2 saturated heterocycles. The second-order valence-corrected chi connectivity index (χ2v) is 10.2. The second-order valence-electron chi connectivity index (χ2n) is 9.25. The number of carbonyl (C=O) groups excluding carboxylic acids is 3. The van der Waals surface area contributed by atoms with Crippen LogP contribution in [0.4, 0.5) is 5.69 Å². The van der Waals surface area contributed by atoms with Gasteiger partial charge in [-0.05, 0) is 44.7 Å². The number of benzene rings is 1. The van der Waals surface area contributed by atoms with Crippen LogP contribution in [0.3, 0.4) is 0 Å². The van der Waals surface area contributed by atoms with Crippen molar-refractivity contribution in [3.8, 4) is 0 Å². The predicted octanol–water partition coefficient (Wildman–Crippen LogP) is 4.12. The van der Waals surface area contributed by atoms with Crippen molar-refractivity contribution in [2.24, 2.45) is 5.92 Å². The number of likely N-dealkylation sites (tertiary alicyclic amines) is 1. The van der Waals surface area contributed by atoms with Gasteiger partial charge in [0, 0.05) is 37.8 Å². The molecule has 2 atom stereocenters. The van der Waals surface area contributed by atoms with Gasteiger partial charge in [0.2, 0.25) is 5.91 Å². The molecule has 1 aromatic carbocycles. The number of fused-ring (bicyclic) bond motifs is 1. The Balaban J connectivity index is 1.39. The van der Waals surface area contributed by atoms with Gasteiger partial charge in [-0.25, -0.2) is 4.98 Å². The molecule has 0 radical (unpaired) electrons. The molecule has 5 rings (SSSR count). The van der Waals surface area contributed by atoms with E-state index in [-0.39, 0.29) is 23.6 Å². The fourth-order valence-corrected chi connectivity index (χ4v) is 6.08. The van der Waals surface area contributed by atoms with Crippen LogP contribution in [0, 0.1) is 5.92 Å². The van der Waals surface area contributed by atoms with Crippen LogP contribution in [0.25, 0.3) is 0 Å². The van der Waals surface area contributed by atoms with Gasteiger partial charge in [-0.15, -0.1) is 11.3 Å². The van der Waals surface area contributed by atoms with Crippen LogP contribution in [0.5, 0.6) is 0 Å². The van der Waals surface area contributed by atoms with E-state index in [1.54, 1.807) is 12.3 Å². The van der Waals surface area contributed by atoms with E-state index >= 15 is 0 Å². The third kappa shape index (κ3) is 4.05. The van der Waals surface area contributed by atoms with E-state index in [1.807, 2.05) is 29.3 Å². The zero-order valence-electron chi connectivity index (χ0n) is 19.0. The lowest BCUT2D eigenvalue weighted by Gasteiger charge is -2.36. The van der Waals surface area contributed by atoms with Gasteiger partial charge >= 0.3 is 0 Å². The Hall–Kier alpha value is -2.74. The van der Waals surface area contributed by atoms with Crippen LogP contribution in [-0.4, -0.2) is 58.7 Å². The van der Waals surface area contributed by atoms with E-state index in [0.29, 0.717) is 17.7 Å². The second kappa shape index (κ2) is 9.25. The number of hydrogen-bond acceptors (Lipinski definition) is 6.